The molecule has 2 fully saturated rings. The molecule has 1 aliphatic carbocycles. The molecule has 3 amide bonds. The van der Waals surface area contributed by atoms with Crippen LogP contribution in [0.25, 0.3) is 0 Å². The zero-order valence-corrected chi connectivity index (χ0v) is 13.6. The maximum atomic E-state index is 13.0. The molecule has 120 valence electrons. The molecule has 1 saturated heterocycles. The summed E-state index contributed by atoms with van der Waals surface area (Å²) < 4.78 is 0. The van der Waals surface area contributed by atoms with Gasteiger partial charge in [0.05, 0.1) is 22.4 Å². The maximum Gasteiger partial charge on any atom is 0.332 e. The van der Waals surface area contributed by atoms with Gasteiger partial charge >= 0.3 is 6.03 Å². The molecule has 1 aromatic carbocycles. The first-order valence-corrected chi connectivity index (χ1v) is 7.71. The highest BCUT2D eigenvalue weighted by molar-refractivity contribution is 6.33. The smallest absolute Gasteiger partial charge is 0.332 e. The van der Waals surface area contributed by atoms with Gasteiger partial charge in [-0.25, -0.2) is 9.69 Å². The summed E-state index contributed by atoms with van der Waals surface area (Å²) >= 11 is 6.16. The van der Waals surface area contributed by atoms with Crippen LogP contribution in [0.5, 0.6) is 0 Å². The molecule has 2 aliphatic rings. The van der Waals surface area contributed by atoms with E-state index in [0.29, 0.717) is 29.7 Å². The third-order valence-electron chi connectivity index (χ3n) is 4.91. The number of benzene rings is 1. The summed E-state index contributed by atoms with van der Waals surface area (Å²) in [6.45, 7) is 1.67. The van der Waals surface area contributed by atoms with E-state index in [1.807, 2.05) is 6.07 Å². The summed E-state index contributed by atoms with van der Waals surface area (Å²) in [6.07, 6.45) is 0.590. The number of carbonyl (C=O) groups excluding carboxylic acids is 2. The molecule has 1 aliphatic heterocycles. The molecule has 0 bridgehead atoms. The van der Waals surface area contributed by atoms with Crippen LogP contribution in [0.3, 0.4) is 0 Å². The number of hydrogen-bond donors (Lipinski definition) is 1. The summed E-state index contributed by atoms with van der Waals surface area (Å²) in [7, 11) is 1.58. The van der Waals surface area contributed by atoms with Crippen LogP contribution in [-0.4, -0.2) is 40.6 Å². The van der Waals surface area contributed by atoms with E-state index in [2.05, 4.69) is 0 Å². The Morgan fingerprint density at radius 2 is 2.13 bits per heavy atom. The molecule has 0 aromatic heterocycles. The predicted molar refractivity (Wildman–Crippen MR) is 84.1 cm³/mol. The average Bonchev–Trinajstić information content (AvgIpc) is 3.00. The maximum absolute atomic E-state index is 13.0. The minimum Gasteiger partial charge on any atom is -0.393 e. The lowest BCUT2D eigenvalue weighted by atomic mass is 9.95. The number of anilines is 1. The Kier molecular flexibility index (Phi) is 3.58. The fourth-order valence-electron chi connectivity index (χ4n) is 3.49. The highest BCUT2D eigenvalue weighted by Gasteiger charge is 2.59. The largest absolute Gasteiger partial charge is 0.393 e. The summed E-state index contributed by atoms with van der Waals surface area (Å²) in [5.74, 6) is -0.342. The van der Waals surface area contributed by atoms with Gasteiger partial charge in [0.2, 0.25) is 0 Å². The molecule has 7 heteroatoms. The minimum absolute atomic E-state index is 0.237. The zero-order valence-electron chi connectivity index (χ0n) is 12.8. The standard InChI is InChI=1S/C16H16ClN3O3/c1-9-12(4-3-10(8-18)13(9)17)20-14(22)16(19(2)15(20)23)6-5-11(21)7-16/h3-4,11,21H,5-7H2,1-2H3/t11-,16+/m1/s1. The molecule has 0 radical (unpaired) electrons. The first-order chi connectivity index (χ1) is 10.8. The SMILES string of the molecule is Cc1c(N2C(=O)N(C)[C@]3(CC[C@@H](O)C3)C2=O)ccc(C#N)c1Cl. The van der Waals surface area contributed by atoms with Gasteiger partial charge in [0.25, 0.3) is 5.91 Å². The molecule has 1 N–H and O–H groups in total. The van der Waals surface area contributed by atoms with E-state index in [1.165, 1.54) is 11.0 Å². The second-order valence-electron chi connectivity index (χ2n) is 6.09. The number of halogens is 1. The van der Waals surface area contributed by atoms with Gasteiger partial charge in [-0.05, 0) is 37.5 Å². The van der Waals surface area contributed by atoms with Crippen molar-refractivity contribution in [2.75, 3.05) is 11.9 Å². The molecule has 6 nitrogen and oxygen atoms in total. The highest BCUT2D eigenvalue weighted by atomic mass is 35.5. The van der Waals surface area contributed by atoms with E-state index in [9.17, 15) is 14.7 Å². The van der Waals surface area contributed by atoms with Gasteiger partial charge in [0.1, 0.15) is 11.6 Å². The Labute approximate surface area is 138 Å². The van der Waals surface area contributed by atoms with Crippen molar-refractivity contribution in [3.05, 3.63) is 28.3 Å². The summed E-state index contributed by atoms with van der Waals surface area (Å²) in [5.41, 5.74) is 0.209. The van der Waals surface area contributed by atoms with Crippen molar-refractivity contribution in [3.63, 3.8) is 0 Å². The number of likely N-dealkylation sites (N-methyl/N-ethyl adjacent to an activating group) is 1. The van der Waals surface area contributed by atoms with Gasteiger partial charge in [0, 0.05) is 13.5 Å². The summed E-state index contributed by atoms with van der Waals surface area (Å²) in [4.78, 5) is 28.1. The van der Waals surface area contributed by atoms with Crippen molar-refractivity contribution in [2.24, 2.45) is 0 Å². The fourth-order valence-corrected chi connectivity index (χ4v) is 3.69. The summed E-state index contributed by atoms with van der Waals surface area (Å²) in [5, 5.41) is 19.1. The van der Waals surface area contributed by atoms with Crippen molar-refractivity contribution in [2.45, 2.75) is 37.8 Å². The highest BCUT2D eigenvalue weighted by Crippen LogP contribution is 2.44. The van der Waals surface area contributed by atoms with E-state index in [-0.39, 0.29) is 17.4 Å². The number of amides is 3. The van der Waals surface area contributed by atoms with Gasteiger partial charge in [-0.3, -0.25) is 4.79 Å². The van der Waals surface area contributed by atoms with Gasteiger partial charge < -0.3 is 10.0 Å². The second-order valence-corrected chi connectivity index (χ2v) is 6.47. The predicted octanol–water partition coefficient (Wildman–Crippen LogP) is 2.20. The molecule has 1 spiro atoms. The van der Waals surface area contributed by atoms with Crippen LogP contribution < -0.4 is 4.90 Å². The fraction of sp³-hybridized carbons (Fsp3) is 0.438. The number of nitrogens with zero attached hydrogens (tertiary/aromatic N) is 3. The number of rotatable bonds is 1. The van der Waals surface area contributed by atoms with Crippen LogP contribution in [0.15, 0.2) is 12.1 Å². The van der Waals surface area contributed by atoms with Gasteiger partial charge in [-0.15, -0.1) is 0 Å². The quantitative estimate of drug-likeness (QED) is 0.798. The zero-order chi connectivity index (χ0) is 16.9. The first kappa shape index (κ1) is 15.8. The van der Waals surface area contributed by atoms with Crippen LogP contribution in [0.4, 0.5) is 10.5 Å². The van der Waals surface area contributed by atoms with E-state index in [4.69, 9.17) is 16.9 Å². The van der Waals surface area contributed by atoms with Crippen molar-refractivity contribution < 1.29 is 14.7 Å². The number of imide groups is 1. The van der Waals surface area contributed by atoms with Gasteiger partial charge in [-0.1, -0.05) is 11.6 Å². The normalized spacial score (nSPS) is 27.2. The third kappa shape index (κ3) is 2.04. The van der Waals surface area contributed by atoms with Crippen molar-refractivity contribution in [1.82, 2.24) is 4.90 Å². The molecule has 1 heterocycles. The first-order valence-electron chi connectivity index (χ1n) is 7.33. The lowest BCUT2D eigenvalue weighted by molar-refractivity contribution is -0.124. The average molecular weight is 334 g/mol. The van der Waals surface area contributed by atoms with Crippen LogP contribution in [-0.2, 0) is 4.79 Å². The van der Waals surface area contributed by atoms with E-state index in [0.717, 1.165) is 4.90 Å². The number of hydrogen-bond acceptors (Lipinski definition) is 4. The lowest BCUT2D eigenvalue weighted by Crippen LogP contribution is -2.46. The van der Waals surface area contributed by atoms with Crippen molar-refractivity contribution in [1.29, 1.82) is 5.26 Å². The second kappa shape index (κ2) is 5.22. The van der Waals surface area contributed by atoms with E-state index >= 15 is 0 Å². The molecular weight excluding hydrogens is 318 g/mol. The van der Waals surface area contributed by atoms with Crippen molar-refractivity contribution in [3.8, 4) is 6.07 Å². The molecule has 23 heavy (non-hydrogen) atoms. The lowest BCUT2D eigenvalue weighted by Gasteiger charge is -2.27. The Balaban J connectivity index is 2.09. The Morgan fingerprint density at radius 3 is 2.70 bits per heavy atom. The van der Waals surface area contributed by atoms with Gasteiger partial charge in [0.15, 0.2) is 0 Å². The third-order valence-corrected chi connectivity index (χ3v) is 5.39. The molecule has 1 aromatic rings. The van der Waals surface area contributed by atoms with Crippen LogP contribution in [0.2, 0.25) is 5.02 Å². The van der Waals surface area contributed by atoms with Crippen molar-refractivity contribution >= 4 is 29.2 Å². The molecule has 1 saturated carbocycles. The topological polar surface area (TPSA) is 84.6 Å². The number of carbonyl (C=O) groups is 2. The number of aliphatic hydroxyl groups excluding tert-OH is 1. The van der Waals surface area contributed by atoms with Crippen LogP contribution >= 0.6 is 11.6 Å². The van der Waals surface area contributed by atoms with E-state index in [1.54, 1.807) is 20.0 Å². The Hall–Kier alpha value is -2.10. The van der Waals surface area contributed by atoms with Gasteiger partial charge in [-0.2, -0.15) is 5.26 Å². The molecule has 0 unspecified atom stereocenters. The monoisotopic (exact) mass is 333 g/mol. The van der Waals surface area contributed by atoms with Crippen LogP contribution in [0, 0.1) is 18.3 Å². The summed E-state index contributed by atoms with van der Waals surface area (Å²) in [6, 6.07) is 4.60. The molecular formula is C16H16ClN3O3. The number of nitriles is 1. The Bertz CT molecular complexity index is 758. The molecule has 3 rings (SSSR count). The number of urea groups is 1. The minimum atomic E-state index is -0.983. The molecule has 2 atom stereocenters. The van der Waals surface area contributed by atoms with Crippen LogP contribution in [0.1, 0.15) is 30.4 Å². The number of aliphatic hydroxyl groups is 1. The van der Waals surface area contributed by atoms with E-state index < -0.39 is 17.7 Å². The Morgan fingerprint density at radius 1 is 1.43 bits per heavy atom.